The lowest BCUT2D eigenvalue weighted by atomic mass is 10.0. The van der Waals surface area contributed by atoms with Gasteiger partial charge in [-0.15, -0.1) is 0 Å². The van der Waals surface area contributed by atoms with E-state index in [4.69, 9.17) is 28.7 Å². The fourth-order valence-electron chi connectivity index (χ4n) is 8.66. The van der Waals surface area contributed by atoms with Crippen LogP contribution in [0.1, 0.15) is 89.2 Å². The number of carbonyl (C=O) groups is 11. The third kappa shape index (κ3) is 21.3. The highest BCUT2D eigenvalue weighted by Crippen LogP contribution is 2.22. The highest BCUT2D eigenvalue weighted by Gasteiger charge is 2.42. The first-order valence-electron chi connectivity index (χ1n) is 25.7. The number of aliphatic imine (C=N–C) groups is 1. The second kappa shape index (κ2) is 33.9. The number of H-pyrrole nitrogens is 1. The predicted molar refractivity (Wildman–Crippen MR) is 281 cm³/mol. The van der Waals surface area contributed by atoms with Gasteiger partial charge in [0.25, 0.3) is 0 Å². The van der Waals surface area contributed by atoms with Crippen LogP contribution in [0, 0.1) is 0 Å². The molecule has 21 N–H and O–H groups in total. The highest BCUT2D eigenvalue weighted by molar-refractivity contribution is 7.80. The number of aliphatic hydroxyl groups excluding tert-OH is 1. The van der Waals surface area contributed by atoms with Crippen molar-refractivity contribution in [1.82, 2.24) is 57.0 Å². The Hall–Kier alpha value is -7.16. The smallest absolute Gasteiger partial charge is 0.326 e. The van der Waals surface area contributed by atoms with Crippen LogP contribution < -0.4 is 65.9 Å². The number of nitrogens with one attached hydrogen (secondary N) is 8. The first-order chi connectivity index (χ1) is 37.1. The molecule has 436 valence electrons. The van der Waals surface area contributed by atoms with Gasteiger partial charge in [-0.2, -0.15) is 12.6 Å². The van der Waals surface area contributed by atoms with E-state index < -0.39 is 139 Å². The molecule has 2 fully saturated rings. The average molecular weight is 1120 g/mol. The number of rotatable bonds is 35. The van der Waals surface area contributed by atoms with E-state index in [-0.39, 0.29) is 89.4 Å². The number of unbranched alkanes of at least 4 members (excludes halogenated alkanes) is 2. The third-order valence-corrected chi connectivity index (χ3v) is 13.2. The van der Waals surface area contributed by atoms with Gasteiger partial charge in [-0.1, -0.05) is 0 Å². The minimum absolute atomic E-state index is 0.00777. The van der Waals surface area contributed by atoms with Crippen molar-refractivity contribution in [1.29, 1.82) is 0 Å². The molecule has 3 rings (SSSR count). The Kier molecular flexibility index (Phi) is 28.3. The number of carboxylic acid groups (broad SMARTS) is 2. The van der Waals surface area contributed by atoms with Crippen LogP contribution in [0.15, 0.2) is 17.5 Å². The molecule has 1 aromatic heterocycles. The number of imidazole rings is 1. The summed E-state index contributed by atoms with van der Waals surface area (Å²) in [6.45, 7) is -0.999. The van der Waals surface area contributed by atoms with E-state index in [2.05, 4.69) is 64.8 Å². The van der Waals surface area contributed by atoms with Gasteiger partial charge in [0.2, 0.25) is 53.2 Å². The Morgan fingerprint density at radius 2 is 1.21 bits per heavy atom. The maximum absolute atomic E-state index is 14.7. The molecule has 0 aromatic carbocycles. The summed E-state index contributed by atoms with van der Waals surface area (Å²) in [6, 6.07) is -12.2. The van der Waals surface area contributed by atoms with Crippen molar-refractivity contribution in [3.63, 3.8) is 0 Å². The number of aliphatic hydroxyl groups is 1. The zero-order valence-corrected chi connectivity index (χ0v) is 44.3. The molecule has 0 saturated carbocycles. The molecule has 2 aliphatic rings. The van der Waals surface area contributed by atoms with E-state index in [9.17, 15) is 68.1 Å². The maximum atomic E-state index is 14.7. The van der Waals surface area contributed by atoms with E-state index in [0.29, 0.717) is 44.2 Å². The number of hydrogen-bond acceptors (Lipinski definition) is 18. The van der Waals surface area contributed by atoms with Gasteiger partial charge in [-0.25, -0.2) is 9.78 Å². The standard InChI is InChI=1S/C46H77N17O14S/c47-13-3-1-8-27(57-42(73)34-12-7-17-63(34)44(75)31(19-36(66)67)56-35(65)21-54-37(68)26(49)23-78)38(69)60-30(18-25-20-52-24-55-25)43(74)62-16-6-11-33(62)41(72)58-28(9-2-4-14-48)39(70)61-32(22-64)40(71)59-29(45(76)77)10-5-15-53-46(50)51/h20,24,26-34,64,78H,1-19,21-23,47-49H2,(H,52,55)(H,54,68)(H,56,65)(H,57,73)(H,58,72)(H,59,71)(H,60,69)(H,61,70)(H,66,67)(H,76,77)(H4,50,51,53)/t26-,27-,28-,29-,30-,31-,32-,33-,34-/m0/s1. The van der Waals surface area contributed by atoms with E-state index in [1.807, 2.05) is 0 Å². The molecule has 0 aliphatic carbocycles. The molecule has 78 heavy (non-hydrogen) atoms. The van der Waals surface area contributed by atoms with E-state index in [1.54, 1.807) is 0 Å². The lowest BCUT2D eigenvalue weighted by Crippen LogP contribution is -2.60. The van der Waals surface area contributed by atoms with Gasteiger partial charge in [0.1, 0.15) is 48.3 Å². The number of aliphatic carboxylic acids is 2. The number of likely N-dealkylation sites (tertiary alicyclic amines) is 2. The minimum atomic E-state index is -1.65. The number of hydrogen-bond donors (Lipinski definition) is 17. The number of guanidine groups is 1. The summed E-state index contributed by atoms with van der Waals surface area (Å²) in [7, 11) is 0. The molecule has 2 aliphatic heterocycles. The Bertz CT molecular complexity index is 2240. The summed E-state index contributed by atoms with van der Waals surface area (Å²) in [5.74, 6) is -10.6. The Balaban J connectivity index is 1.82. The second-order valence-electron chi connectivity index (χ2n) is 18.7. The monoisotopic (exact) mass is 1120 g/mol. The van der Waals surface area contributed by atoms with Crippen molar-refractivity contribution in [2.45, 2.75) is 144 Å². The Morgan fingerprint density at radius 1 is 0.692 bits per heavy atom. The van der Waals surface area contributed by atoms with Crippen LogP contribution in [0.3, 0.4) is 0 Å². The zero-order chi connectivity index (χ0) is 57.9. The molecular formula is C46H77N17O14S. The number of aromatic nitrogens is 2. The number of carbonyl (C=O) groups excluding carboxylic acids is 9. The van der Waals surface area contributed by atoms with Crippen molar-refractivity contribution >= 4 is 83.7 Å². The van der Waals surface area contributed by atoms with Crippen molar-refractivity contribution in [3.8, 4) is 0 Å². The number of nitrogens with zero attached hydrogens (tertiary/aromatic N) is 4. The van der Waals surface area contributed by atoms with Crippen LogP contribution in [0.2, 0.25) is 0 Å². The van der Waals surface area contributed by atoms with E-state index in [1.165, 1.54) is 17.4 Å². The minimum Gasteiger partial charge on any atom is -0.481 e. The summed E-state index contributed by atoms with van der Waals surface area (Å²) >= 11 is 3.93. The predicted octanol–water partition coefficient (Wildman–Crippen LogP) is -6.92. The molecule has 0 radical (unpaired) electrons. The SMILES string of the molecule is NCCCC[C@H](NC(=O)[C@@H]1CCCN1C(=O)[C@H](CC(=O)O)NC(=O)CNC(=O)[C@@H](N)CS)C(=O)N[C@@H](Cc1cnc[nH]1)C(=O)N1CCC[C@H]1C(=O)N[C@@H](CCCCN)C(=O)N[C@@H](CO)C(=O)N[C@@H](CCCN=C(N)N)C(=O)O. The van der Waals surface area contributed by atoms with Crippen molar-refractivity contribution in [2.24, 2.45) is 33.7 Å². The van der Waals surface area contributed by atoms with Crippen LogP contribution >= 0.6 is 12.6 Å². The quantitative estimate of drug-likeness (QED) is 0.0130. The normalized spacial score (nSPS) is 17.7. The topological polar surface area (TPSA) is 510 Å². The van der Waals surface area contributed by atoms with Gasteiger partial charge in [-0.3, -0.25) is 52.9 Å². The summed E-state index contributed by atoms with van der Waals surface area (Å²) in [5, 5.41) is 46.7. The third-order valence-electron chi connectivity index (χ3n) is 12.8. The van der Waals surface area contributed by atoms with E-state index in [0.717, 1.165) is 4.90 Å². The number of thiol groups is 1. The van der Waals surface area contributed by atoms with Gasteiger partial charge in [0.05, 0.1) is 31.9 Å². The Morgan fingerprint density at radius 3 is 1.68 bits per heavy atom. The molecular weight excluding hydrogens is 1050 g/mol. The summed E-state index contributed by atoms with van der Waals surface area (Å²) in [4.78, 5) is 160. The first kappa shape index (κ1) is 65.1. The maximum Gasteiger partial charge on any atom is 0.326 e. The molecule has 0 bridgehead atoms. The van der Waals surface area contributed by atoms with Gasteiger partial charge < -0.3 is 96.0 Å². The van der Waals surface area contributed by atoms with Crippen LogP contribution in [0.5, 0.6) is 0 Å². The molecule has 0 unspecified atom stereocenters. The molecule has 31 nitrogen and oxygen atoms in total. The zero-order valence-electron chi connectivity index (χ0n) is 43.4. The second-order valence-corrected chi connectivity index (χ2v) is 19.1. The van der Waals surface area contributed by atoms with Gasteiger partial charge in [0.15, 0.2) is 5.96 Å². The molecule has 1 aromatic rings. The van der Waals surface area contributed by atoms with Gasteiger partial charge in [-0.05, 0) is 90.1 Å². The molecule has 0 spiro atoms. The summed E-state index contributed by atoms with van der Waals surface area (Å²) < 4.78 is 0. The first-order valence-corrected chi connectivity index (χ1v) is 26.3. The molecule has 32 heteroatoms. The highest BCUT2D eigenvalue weighted by atomic mass is 32.1. The van der Waals surface area contributed by atoms with Gasteiger partial charge in [0, 0.05) is 43.7 Å². The number of aromatic amines is 1. The van der Waals surface area contributed by atoms with Crippen LogP contribution in [-0.4, -0.2) is 212 Å². The lowest BCUT2D eigenvalue weighted by molar-refractivity contribution is -0.146. The van der Waals surface area contributed by atoms with E-state index >= 15 is 0 Å². The fraction of sp³-hybridized carbons (Fsp3) is 0.674. The van der Waals surface area contributed by atoms with Crippen molar-refractivity contribution in [2.75, 3.05) is 51.6 Å². The van der Waals surface area contributed by atoms with Crippen LogP contribution in [0.4, 0.5) is 0 Å². The molecule has 2 saturated heterocycles. The summed E-state index contributed by atoms with van der Waals surface area (Å²) in [5.41, 5.74) is 28.1. The van der Waals surface area contributed by atoms with Crippen LogP contribution in [0.25, 0.3) is 0 Å². The molecule has 9 amide bonds. The lowest BCUT2D eigenvalue weighted by Gasteiger charge is -2.31. The summed E-state index contributed by atoms with van der Waals surface area (Å²) in [6.07, 6.45) is 4.20. The van der Waals surface area contributed by atoms with Crippen molar-refractivity contribution < 1.29 is 68.1 Å². The molecule has 3 heterocycles. The number of carboxylic acids is 2. The van der Waals surface area contributed by atoms with Crippen molar-refractivity contribution in [3.05, 3.63) is 18.2 Å². The Labute approximate surface area is 455 Å². The number of amides is 9. The van der Waals surface area contributed by atoms with Crippen LogP contribution in [-0.2, 0) is 59.2 Å². The fourth-order valence-corrected chi connectivity index (χ4v) is 8.82. The van der Waals surface area contributed by atoms with Gasteiger partial charge >= 0.3 is 11.9 Å². The molecule has 9 atom stereocenters. The average Bonchev–Trinajstić information content (AvgIpc) is 4.22. The number of nitrogens with two attached hydrogens (primary N) is 5. The largest absolute Gasteiger partial charge is 0.481 e.